The first kappa shape index (κ1) is 33.1. The molecular weight excluding hydrogens is 568 g/mol. The molecule has 0 bridgehead atoms. The molecule has 0 saturated carbocycles. The van der Waals surface area contributed by atoms with E-state index >= 15 is 0 Å². The molecule has 8 nitrogen and oxygen atoms in total. The first-order chi connectivity index (χ1) is 22.2. The van der Waals surface area contributed by atoms with Crippen LogP contribution in [0.15, 0.2) is 66.7 Å². The number of nitrogens with zero attached hydrogens (tertiary/aromatic N) is 1. The second-order valence-corrected chi connectivity index (χ2v) is 11.8. The Balaban J connectivity index is 1.10. The van der Waals surface area contributed by atoms with Crippen molar-refractivity contribution in [3.05, 3.63) is 83.4 Å². The first-order valence-electron chi connectivity index (χ1n) is 16.5. The van der Waals surface area contributed by atoms with Crippen molar-refractivity contribution < 1.29 is 28.4 Å². The quantitative estimate of drug-likeness (QED) is 0.165. The van der Waals surface area contributed by atoms with Gasteiger partial charge in [-0.2, -0.15) is 0 Å². The van der Waals surface area contributed by atoms with Gasteiger partial charge < -0.3 is 38.6 Å². The second kappa shape index (κ2) is 18.0. The molecule has 2 heterocycles. The number of hydrogen-bond donors (Lipinski definition) is 1. The Morgan fingerprint density at radius 3 is 2.42 bits per heavy atom. The van der Waals surface area contributed by atoms with Crippen LogP contribution in [0.4, 0.5) is 5.69 Å². The van der Waals surface area contributed by atoms with Crippen LogP contribution in [0.2, 0.25) is 0 Å². The molecule has 2 aliphatic heterocycles. The summed E-state index contributed by atoms with van der Waals surface area (Å²) in [6, 6.07) is 23.0. The zero-order valence-corrected chi connectivity index (χ0v) is 27.0. The number of nitrogens with one attached hydrogen (secondary N) is 1. The minimum atomic E-state index is 0.0928. The Hall–Kier alpha value is -3.30. The van der Waals surface area contributed by atoms with Crippen molar-refractivity contribution in [1.82, 2.24) is 5.32 Å². The topological polar surface area (TPSA) is 70.7 Å². The Kier molecular flexibility index (Phi) is 13.2. The highest BCUT2D eigenvalue weighted by Crippen LogP contribution is 2.34. The molecule has 45 heavy (non-hydrogen) atoms. The van der Waals surface area contributed by atoms with E-state index in [1.807, 2.05) is 24.3 Å². The molecule has 8 heteroatoms. The third-order valence-corrected chi connectivity index (χ3v) is 8.57. The number of rotatable bonds is 18. The van der Waals surface area contributed by atoms with E-state index in [1.54, 1.807) is 14.2 Å². The molecule has 0 radical (unpaired) electrons. The molecule has 0 amide bonds. The van der Waals surface area contributed by atoms with Gasteiger partial charge in [0.05, 0.1) is 51.9 Å². The molecule has 0 spiro atoms. The molecule has 2 unspecified atom stereocenters. The summed E-state index contributed by atoms with van der Waals surface area (Å²) in [5.74, 6) is 3.02. The van der Waals surface area contributed by atoms with Gasteiger partial charge in [-0.1, -0.05) is 36.4 Å². The third kappa shape index (κ3) is 9.84. The van der Waals surface area contributed by atoms with Crippen LogP contribution in [-0.4, -0.2) is 72.9 Å². The van der Waals surface area contributed by atoms with Gasteiger partial charge in [-0.15, -0.1) is 0 Å². The van der Waals surface area contributed by atoms with Crippen LogP contribution < -0.4 is 24.4 Å². The van der Waals surface area contributed by atoms with Gasteiger partial charge in [-0.3, -0.25) is 0 Å². The van der Waals surface area contributed by atoms with E-state index in [2.05, 4.69) is 52.7 Å². The van der Waals surface area contributed by atoms with E-state index in [0.29, 0.717) is 45.6 Å². The lowest BCUT2D eigenvalue weighted by Crippen LogP contribution is -2.40. The van der Waals surface area contributed by atoms with Gasteiger partial charge >= 0.3 is 0 Å². The van der Waals surface area contributed by atoms with Gasteiger partial charge in [0.15, 0.2) is 0 Å². The zero-order chi connectivity index (χ0) is 31.1. The first-order valence-corrected chi connectivity index (χ1v) is 16.5. The highest BCUT2D eigenvalue weighted by atomic mass is 16.5. The fourth-order valence-corrected chi connectivity index (χ4v) is 6.12. The summed E-state index contributed by atoms with van der Waals surface area (Å²) in [6.45, 7) is 7.67. The van der Waals surface area contributed by atoms with Crippen LogP contribution in [0.25, 0.3) is 0 Å². The summed E-state index contributed by atoms with van der Waals surface area (Å²) in [6.07, 6.45) is 5.29. The number of benzene rings is 3. The van der Waals surface area contributed by atoms with Crippen molar-refractivity contribution in [3.63, 3.8) is 0 Å². The van der Waals surface area contributed by atoms with Crippen LogP contribution in [0, 0.1) is 0 Å². The molecule has 2 fully saturated rings. The van der Waals surface area contributed by atoms with Crippen LogP contribution in [0.3, 0.4) is 0 Å². The average molecular weight is 619 g/mol. The molecule has 2 aliphatic rings. The summed E-state index contributed by atoms with van der Waals surface area (Å²) in [5, 5.41) is 3.53. The molecule has 5 rings (SSSR count). The summed E-state index contributed by atoms with van der Waals surface area (Å²) in [4.78, 5) is 2.43. The average Bonchev–Trinajstić information content (AvgIpc) is 3.63. The Morgan fingerprint density at radius 2 is 1.60 bits per heavy atom. The summed E-state index contributed by atoms with van der Waals surface area (Å²) in [5.41, 5.74) is 4.67. The predicted molar refractivity (Wildman–Crippen MR) is 178 cm³/mol. The fraction of sp³-hybridized carbons (Fsp3) is 0.514. The highest BCUT2D eigenvalue weighted by molar-refractivity contribution is 5.60. The molecule has 3 aromatic rings. The molecule has 2 atom stereocenters. The standard InChI is InChI=1S/C37H50N2O6/c1-40-21-7-24-44-36-25-29(11-16-34(36)39-19-5-6-20-39)27-45-37-26-38-18-17-33(37)30-12-14-32(15-13-30)43-23-8-22-42-28-31-9-3-4-10-35(31)41-2/h3-4,9-16,25,33,37-38H,5-8,17-24,26-28H2,1-2H3. The summed E-state index contributed by atoms with van der Waals surface area (Å²) >= 11 is 0. The predicted octanol–water partition coefficient (Wildman–Crippen LogP) is 6.36. The number of piperidine rings is 1. The number of anilines is 1. The number of hydrogen-bond acceptors (Lipinski definition) is 8. The van der Waals surface area contributed by atoms with E-state index in [0.717, 1.165) is 73.8 Å². The monoisotopic (exact) mass is 618 g/mol. The highest BCUT2D eigenvalue weighted by Gasteiger charge is 2.27. The van der Waals surface area contributed by atoms with Gasteiger partial charge in [0, 0.05) is 57.7 Å². The Morgan fingerprint density at radius 1 is 0.800 bits per heavy atom. The maximum atomic E-state index is 6.57. The van der Waals surface area contributed by atoms with Crippen molar-refractivity contribution in [1.29, 1.82) is 0 Å². The van der Waals surface area contributed by atoms with Crippen molar-refractivity contribution in [2.24, 2.45) is 0 Å². The maximum absolute atomic E-state index is 6.57. The molecule has 3 aromatic carbocycles. The molecular formula is C37H50N2O6. The molecule has 244 valence electrons. The van der Waals surface area contributed by atoms with Crippen molar-refractivity contribution in [2.75, 3.05) is 71.7 Å². The molecule has 2 saturated heterocycles. The van der Waals surface area contributed by atoms with E-state index in [1.165, 1.54) is 24.1 Å². The van der Waals surface area contributed by atoms with Crippen LogP contribution in [0.5, 0.6) is 17.2 Å². The molecule has 0 aromatic heterocycles. The van der Waals surface area contributed by atoms with Gasteiger partial charge in [-0.25, -0.2) is 0 Å². The summed E-state index contributed by atoms with van der Waals surface area (Å²) in [7, 11) is 3.41. The van der Waals surface area contributed by atoms with Gasteiger partial charge in [0.1, 0.15) is 17.2 Å². The van der Waals surface area contributed by atoms with Crippen molar-refractivity contribution >= 4 is 5.69 Å². The number of methoxy groups -OCH3 is 2. The minimum absolute atomic E-state index is 0.0928. The van der Waals surface area contributed by atoms with Gasteiger partial charge in [0.25, 0.3) is 0 Å². The number of ether oxygens (including phenoxy) is 6. The molecule has 0 aliphatic carbocycles. The van der Waals surface area contributed by atoms with E-state index < -0.39 is 0 Å². The van der Waals surface area contributed by atoms with E-state index in [4.69, 9.17) is 28.4 Å². The van der Waals surface area contributed by atoms with E-state index in [9.17, 15) is 0 Å². The SMILES string of the molecule is COCCCOc1cc(COC2CNCCC2c2ccc(OCCCOCc3ccccc3OC)cc2)ccc1N1CCCC1. The van der Waals surface area contributed by atoms with Crippen LogP contribution in [-0.2, 0) is 27.4 Å². The number of para-hydroxylation sites is 1. The van der Waals surface area contributed by atoms with Gasteiger partial charge in [0.2, 0.25) is 0 Å². The van der Waals surface area contributed by atoms with Crippen molar-refractivity contribution in [2.45, 2.75) is 57.3 Å². The molecule has 1 N–H and O–H groups in total. The minimum Gasteiger partial charge on any atom is -0.496 e. The van der Waals surface area contributed by atoms with Crippen molar-refractivity contribution in [3.8, 4) is 17.2 Å². The Bertz CT molecular complexity index is 1280. The van der Waals surface area contributed by atoms with E-state index in [-0.39, 0.29) is 6.10 Å². The summed E-state index contributed by atoms with van der Waals surface area (Å²) < 4.78 is 35.3. The largest absolute Gasteiger partial charge is 0.496 e. The lowest BCUT2D eigenvalue weighted by molar-refractivity contribution is 0.0105. The lowest BCUT2D eigenvalue weighted by Gasteiger charge is -2.32. The normalized spacial score (nSPS) is 18.2. The lowest BCUT2D eigenvalue weighted by atomic mass is 9.87. The van der Waals surface area contributed by atoms with Crippen LogP contribution >= 0.6 is 0 Å². The second-order valence-electron chi connectivity index (χ2n) is 11.8. The smallest absolute Gasteiger partial charge is 0.142 e. The Labute approximate surface area is 268 Å². The zero-order valence-electron chi connectivity index (χ0n) is 27.0. The third-order valence-electron chi connectivity index (χ3n) is 8.57. The van der Waals surface area contributed by atoms with Gasteiger partial charge in [-0.05, 0) is 67.3 Å². The fourth-order valence-electron chi connectivity index (χ4n) is 6.12. The van der Waals surface area contributed by atoms with Crippen LogP contribution in [0.1, 0.15) is 54.7 Å². The maximum Gasteiger partial charge on any atom is 0.142 e.